The van der Waals surface area contributed by atoms with E-state index in [1.807, 2.05) is 0 Å². The SMILES string of the molecule is CCOC(=O)c1nc(Br)ccc1N(C)C(C)=O. The molecule has 0 aliphatic heterocycles. The zero-order chi connectivity index (χ0) is 13.0. The van der Waals surface area contributed by atoms with Crippen LogP contribution < -0.4 is 4.90 Å². The van der Waals surface area contributed by atoms with E-state index in [-0.39, 0.29) is 18.2 Å². The van der Waals surface area contributed by atoms with E-state index in [2.05, 4.69) is 20.9 Å². The van der Waals surface area contributed by atoms with Crippen molar-refractivity contribution in [1.82, 2.24) is 4.98 Å². The van der Waals surface area contributed by atoms with Crippen molar-refractivity contribution in [3.8, 4) is 0 Å². The van der Waals surface area contributed by atoms with Crippen LogP contribution in [-0.4, -0.2) is 30.5 Å². The second kappa shape index (κ2) is 5.77. The van der Waals surface area contributed by atoms with Crippen LogP contribution in [0.15, 0.2) is 16.7 Å². The van der Waals surface area contributed by atoms with Crippen LogP contribution in [0, 0.1) is 0 Å². The van der Waals surface area contributed by atoms with Crippen molar-refractivity contribution >= 4 is 33.5 Å². The molecule has 1 amide bonds. The molecule has 17 heavy (non-hydrogen) atoms. The Morgan fingerprint density at radius 1 is 1.47 bits per heavy atom. The first kappa shape index (κ1) is 13.6. The number of aromatic nitrogens is 1. The van der Waals surface area contributed by atoms with E-state index in [4.69, 9.17) is 4.74 Å². The van der Waals surface area contributed by atoms with Crippen LogP contribution in [0.3, 0.4) is 0 Å². The van der Waals surface area contributed by atoms with Gasteiger partial charge in [-0.3, -0.25) is 4.79 Å². The smallest absolute Gasteiger partial charge is 0.359 e. The van der Waals surface area contributed by atoms with Gasteiger partial charge in [0.15, 0.2) is 5.69 Å². The van der Waals surface area contributed by atoms with Crippen molar-refractivity contribution in [3.05, 3.63) is 22.4 Å². The fraction of sp³-hybridized carbons (Fsp3) is 0.364. The number of nitrogens with zero attached hydrogens (tertiary/aromatic N) is 2. The van der Waals surface area contributed by atoms with Gasteiger partial charge in [-0.25, -0.2) is 9.78 Å². The summed E-state index contributed by atoms with van der Waals surface area (Å²) in [4.78, 5) is 28.4. The van der Waals surface area contributed by atoms with Crippen LogP contribution in [0.25, 0.3) is 0 Å². The maximum atomic E-state index is 11.7. The minimum Gasteiger partial charge on any atom is -0.461 e. The highest BCUT2D eigenvalue weighted by Crippen LogP contribution is 2.21. The van der Waals surface area contributed by atoms with Gasteiger partial charge < -0.3 is 9.64 Å². The van der Waals surface area contributed by atoms with E-state index in [0.29, 0.717) is 10.3 Å². The van der Waals surface area contributed by atoms with Gasteiger partial charge in [0, 0.05) is 14.0 Å². The van der Waals surface area contributed by atoms with Crippen LogP contribution in [0.1, 0.15) is 24.3 Å². The van der Waals surface area contributed by atoms with E-state index in [9.17, 15) is 9.59 Å². The first-order chi connectivity index (χ1) is 7.97. The number of hydrogen-bond acceptors (Lipinski definition) is 4. The first-order valence-electron chi connectivity index (χ1n) is 5.05. The summed E-state index contributed by atoms with van der Waals surface area (Å²) in [6.07, 6.45) is 0. The molecular formula is C11H13BrN2O3. The summed E-state index contributed by atoms with van der Waals surface area (Å²) >= 11 is 3.18. The van der Waals surface area contributed by atoms with E-state index in [0.717, 1.165) is 0 Å². The van der Waals surface area contributed by atoms with Crippen LogP contribution in [-0.2, 0) is 9.53 Å². The Hall–Kier alpha value is -1.43. The average molecular weight is 301 g/mol. The molecule has 0 saturated heterocycles. The monoisotopic (exact) mass is 300 g/mol. The lowest BCUT2D eigenvalue weighted by Crippen LogP contribution is -2.26. The molecule has 0 spiro atoms. The fourth-order valence-corrected chi connectivity index (χ4v) is 1.53. The molecule has 0 fully saturated rings. The Kier molecular flexibility index (Phi) is 4.62. The molecule has 6 heteroatoms. The second-order valence-electron chi connectivity index (χ2n) is 3.30. The third kappa shape index (κ3) is 3.26. The highest BCUT2D eigenvalue weighted by atomic mass is 79.9. The largest absolute Gasteiger partial charge is 0.461 e. The predicted molar refractivity (Wildman–Crippen MR) is 67.0 cm³/mol. The summed E-state index contributed by atoms with van der Waals surface area (Å²) in [5, 5.41) is 0. The number of hydrogen-bond donors (Lipinski definition) is 0. The number of anilines is 1. The van der Waals surface area contributed by atoms with Gasteiger partial charge in [0.25, 0.3) is 0 Å². The number of esters is 1. The van der Waals surface area contributed by atoms with Crippen molar-refractivity contribution in [1.29, 1.82) is 0 Å². The number of carbonyl (C=O) groups excluding carboxylic acids is 2. The minimum absolute atomic E-state index is 0.124. The molecule has 0 saturated carbocycles. The van der Waals surface area contributed by atoms with E-state index in [1.165, 1.54) is 11.8 Å². The summed E-state index contributed by atoms with van der Waals surface area (Å²) in [6.45, 7) is 3.39. The number of ether oxygens (including phenoxy) is 1. The molecule has 1 heterocycles. The van der Waals surface area contributed by atoms with Gasteiger partial charge in [-0.2, -0.15) is 0 Å². The van der Waals surface area contributed by atoms with Gasteiger partial charge in [-0.15, -0.1) is 0 Å². The fourth-order valence-electron chi connectivity index (χ4n) is 1.22. The zero-order valence-electron chi connectivity index (χ0n) is 9.86. The molecule has 1 rings (SSSR count). The molecule has 0 radical (unpaired) electrons. The third-order valence-electron chi connectivity index (χ3n) is 2.14. The molecule has 1 aromatic heterocycles. The van der Waals surface area contributed by atoms with Gasteiger partial charge in [0.1, 0.15) is 4.60 Å². The first-order valence-corrected chi connectivity index (χ1v) is 5.84. The molecule has 0 N–H and O–H groups in total. The molecule has 0 bridgehead atoms. The standard InChI is InChI=1S/C11H13BrN2O3/c1-4-17-11(16)10-8(14(3)7(2)15)5-6-9(12)13-10/h5-6H,4H2,1-3H3. The Balaban J connectivity index is 3.21. The number of carbonyl (C=O) groups is 2. The Morgan fingerprint density at radius 3 is 2.65 bits per heavy atom. The van der Waals surface area contributed by atoms with E-state index in [1.54, 1.807) is 26.1 Å². The van der Waals surface area contributed by atoms with Crippen molar-refractivity contribution < 1.29 is 14.3 Å². The lowest BCUT2D eigenvalue weighted by Gasteiger charge is -2.17. The number of amides is 1. The lowest BCUT2D eigenvalue weighted by molar-refractivity contribution is -0.116. The average Bonchev–Trinajstić information content (AvgIpc) is 2.28. The molecule has 0 aliphatic rings. The van der Waals surface area contributed by atoms with Gasteiger partial charge in [-0.1, -0.05) is 0 Å². The highest BCUT2D eigenvalue weighted by Gasteiger charge is 2.19. The molecular weight excluding hydrogens is 288 g/mol. The van der Waals surface area contributed by atoms with Crippen LogP contribution >= 0.6 is 15.9 Å². The summed E-state index contributed by atoms with van der Waals surface area (Å²) in [5.74, 6) is -0.725. The molecule has 0 aliphatic carbocycles. The van der Waals surface area contributed by atoms with Gasteiger partial charge in [0.05, 0.1) is 12.3 Å². The van der Waals surface area contributed by atoms with E-state index < -0.39 is 5.97 Å². The van der Waals surface area contributed by atoms with Crippen molar-refractivity contribution in [2.45, 2.75) is 13.8 Å². The highest BCUT2D eigenvalue weighted by molar-refractivity contribution is 9.10. The molecule has 0 aromatic carbocycles. The van der Waals surface area contributed by atoms with Gasteiger partial charge in [0.2, 0.25) is 5.91 Å². The van der Waals surface area contributed by atoms with Crippen molar-refractivity contribution in [2.24, 2.45) is 0 Å². The van der Waals surface area contributed by atoms with Crippen LogP contribution in [0.4, 0.5) is 5.69 Å². The lowest BCUT2D eigenvalue weighted by atomic mass is 10.2. The summed E-state index contributed by atoms with van der Waals surface area (Å²) in [5.41, 5.74) is 0.554. The van der Waals surface area contributed by atoms with E-state index >= 15 is 0 Å². The zero-order valence-corrected chi connectivity index (χ0v) is 11.4. The molecule has 92 valence electrons. The van der Waals surface area contributed by atoms with Crippen molar-refractivity contribution in [3.63, 3.8) is 0 Å². The third-order valence-corrected chi connectivity index (χ3v) is 2.58. The van der Waals surface area contributed by atoms with Crippen molar-refractivity contribution in [2.75, 3.05) is 18.6 Å². The second-order valence-corrected chi connectivity index (χ2v) is 4.11. The number of pyridine rings is 1. The Bertz CT molecular complexity index is 448. The number of rotatable bonds is 3. The molecule has 5 nitrogen and oxygen atoms in total. The summed E-state index contributed by atoms with van der Waals surface area (Å²) < 4.78 is 5.41. The predicted octanol–water partition coefficient (Wildman–Crippen LogP) is 2.00. The Labute approximate surface area is 108 Å². The van der Waals surface area contributed by atoms with Gasteiger partial charge >= 0.3 is 5.97 Å². The number of halogens is 1. The van der Waals surface area contributed by atoms with Gasteiger partial charge in [-0.05, 0) is 35.0 Å². The van der Waals surface area contributed by atoms with Crippen LogP contribution in [0.5, 0.6) is 0 Å². The normalized spacial score (nSPS) is 9.88. The maximum absolute atomic E-state index is 11.7. The molecule has 1 aromatic rings. The van der Waals surface area contributed by atoms with Crippen LogP contribution in [0.2, 0.25) is 0 Å². The minimum atomic E-state index is -0.545. The summed E-state index contributed by atoms with van der Waals surface area (Å²) in [7, 11) is 1.58. The quantitative estimate of drug-likeness (QED) is 0.633. The summed E-state index contributed by atoms with van der Waals surface area (Å²) in [6, 6.07) is 3.31. The molecule has 0 unspecified atom stereocenters. The maximum Gasteiger partial charge on any atom is 0.359 e. The topological polar surface area (TPSA) is 59.5 Å². The molecule has 0 atom stereocenters. The Morgan fingerprint density at radius 2 is 2.12 bits per heavy atom.